The third-order valence-corrected chi connectivity index (χ3v) is 10.8. The van der Waals surface area contributed by atoms with Gasteiger partial charge in [0.2, 0.25) is 11.9 Å². The van der Waals surface area contributed by atoms with Crippen LogP contribution in [0.1, 0.15) is 79.7 Å². The van der Waals surface area contributed by atoms with E-state index in [0.717, 1.165) is 72.9 Å². The number of aromatic nitrogens is 2. The number of pyridine rings is 1. The number of amides is 1. The molecule has 242 valence electrons. The summed E-state index contributed by atoms with van der Waals surface area (Å²) in [6.45, 7) is 10.6. The standard InChI is InChI=1S/C39H45N7O/c1-25-19-26(2)21-29(20-25)36-33(13-17-42-38(43-24-40)45-18-14-28(23-45)27-11-15-41-16-12-27)34-22-30(5-10-35(34)44-36)39(3,4)37(47)46-31-6-7-32(46)9-8-31/h5,10-12,15-16,19-22,28,31-32,44H,6-9,13-14,17-18,23H2,1-4H3,(H,42,43). The average molecular weight is 628 g/mol. The van der Waals surface area contributed by atoms with Crippen LogP contribution < -0.4 is 5.32 Å². The van der Waals surface area contributed by atoms with Gasteiger partial charge in [-0.15, -0.1) is 0 Å². The van der Waals surface area contributed by atoms with Crippen molar-refractivity contribution in [3.05, 3.63) is 88.7 Å². The van der Waals surface area contributed by atoms with Crippen molar-refractivity contribution in [3.8, 4) is 17.5 Å². The monoisotopic (exact) mass is 627 g/mol. The van der Waals surface area contributed by atoms with Crippen molar-refractivity contribution in [2.75, 3.05) is 19.6 Å². The summed E-state index contributed by atoms with van der Waals surface area (Å²) < 4.78 is 0. The molecule has 0 aliphatic carbocycles. The predicted octanol–water partition coefficient (Wildman–Crippen LogP) is 6.74. The van der Waals surface area contributed by atoms with E-state index in [4.69, 9.17) is 4.99 Å². The van der Waals surface area contributed by atoms with Gasteiger partial charge < -0.3 is 14.8 Å². The fourth-order valence-electron chi connectivity index (χ4n) is 8.35. The lowest BCUT2D eigenvalue weighted by Crippen LogP contribution is -2.45. The first-order valence-corrected chi connectivity index (χ1v) is 17.1. The molecule has 0 spiro atoms. The highest BCUT2D eigenvalue weighted by molar-refractivity contribution is 5.94. The Morgan fingerprint density at radius 3 is 2.40 bits per heavy atom. The Labute approximate surface area is 277 Å². The summed E-state index contributed by atoms with van der Waals surface area (Å²) in [4.78, 5) is 31.3. The van der Waals surface area contributed by atoms with Gasteiger partial charge in [0, 0.05) is 66.6 Å². The maximum Gasteiger partial charge on any atom is 0.233 e. The number of H-pyrrole nitrogens is 1. The van der Waals surface area contributed by atoms with Crippen molar-refractivity contribution in [3.63, 3.8) is 0 Å². The molecule has 1 unspecified atom stereocenters. The highest BCUT2D eigenvalue weighted by Gasteiger charge is 2.47. The van der Waals surface area contributed by atoms with E-state index in [1.165, 1.54) is 22.3 Å². The summed E-state index contributed by atoms with van der Waals surface area (Å²) in [6.07, 6.45) is 12.0. The predicted molar refractivity (Wildman–Crippen MR) is 187 cm³/mol. The number of guanidine groups is 1. The minimum absolute atomic E-state index is 0.251. The fraction of sp³-hybridized carbons (Fsp3) is 0.436. The van der Waals surface area contributed by atoms with Crippen LogP contribution in [0, 0.1) is 25.3 Å². The summed E-state index contributed by atoms with van der Waals surface area (Å²) in [5.74, 6) is 1.26. The fourth-order valence-corrected chi connectivity index (χ4v) is 8.35. The largest absolute Gasteiger partial charge is 0.354 e. The first-order chi connectivity index (χ1) is 22.7. The number of carbonyl (C=O) groups is 1. The molecule has 5 heterocycles. The van der Waals surface area contributed by atoms with Crippen molar-refractivity contribution in [1.29, 1.82) is 5.26 Å². The summed E-state index contributed by atoms with van der Waals surface area (Å²) in [5.41, 5.74) is 8.61. The topological polar surface area (TPSA) is 100 Å². The Hall–Kier alpha value is -4.64. The summed E-state index contributed by atoms with van der Waals surface area (Å²) in [7, 11) is 0. The minimum atomic E-state index is -0.628. The molecule has 3 aliphatic heterocycles. The smallest absolute Gasteiger partial charge is 0.233 e. The summed E-state index contributed by atoms with van der Waals surface area (Å²) >= 11 is 0. The van der Waals surface area contributed by atoms with Gasteiger partial charge in [0.25, 0.3) is 0 Å². The van der Waals surface area contributed by atoms with Gasteiger partial charge in [-0.3, -0.25) is 20.1 Å². The van der Waals surface area contributed by atoms with Crippen molar-refractivity contribution >= 4 is 22.8 Å². The molecule has 3 aliphatic rings. The van der Waals surface area contributed by atoms with E-state index in [1.54, 1.807) is 0 Å². The zero-order valence-corrected chi connectivity index (χ0v) is 28.0. The zero-order valence-electron chi connectivity index (χ0n) is 28.0. The number of benzene rings is 2. The van der Waals surface area contributed by atoms with Crippen molar-refractivity contribution in [2.24, 2.45) is 4.99 Å². The van der Waals surface area contributed by atoms with Crippen LogP contribution in [0.25, 0.3) is 22.2 Å². The maximum atomic E-state index is 14.1. The highest BCUT2D eigenvalue weighted by atomic mass is 16.2. The molecule has 2 bridgehead atoms. The normalized spacial score (nSPS) is 21.1. The molecule has 3 fully saturated rings. The Kier molecular flexibility index (Phi) is 8.25. The van der Waals surface area contributed by atoms with Gasteiger partial charge in [-0.25, -0.2) is 0 Å². The number of nitrogens with zero attached hydrogens (tertiary/aromatic N) is 5. The second-order valence-corrected chi connectivity index (χ2v) is 14.3. The number of nitrogens with one attached hydrogen (secondary N) is 2. The number of hydrogen-bond donors (Lipinski definition) is 2. The molecular weight excluding hydrogens is 582 g/mol. The van der Waals surface area contributed by atoms with Crippen LogP contribution in [0.5, 0.6) is 0 Å². The van der Waals surface area contributed by atoms with Gasteiger partial charge in [-0.05, 0) is 125 Å². The molecule has 2 aromatic carbocycles. The van der Waals surface area contributed by atoms with Crippen molar-refractivity contribution < 1.29 is 4.79 Å². The van der Waals surface area contributed by atoms with Crippen molar-refractivity contribution in [2.45, 2.75) is 89.6 Å². The van der Waals surface area contributed by atoms with Gasteiger partial charge in [0.1, 0.15) is 0 Å². The number of aliphatic imine (C=N–C) groups is 1. The van der Waals surface area contributed by atoms with Crippen LogP contribution in [0.3, 0.4) is 0 Å². The zero-order chi connectivity index (χ0) is 32.7. The first-order valence-electron chi connectivity index (χ1n) is 17.1. The Balaban J connectivity index is 1.21. The summed E-state index contributed by atoms with van der Waals surface area (Å²) in [6, 6.07) is 18.1. The molecule has 0 radical (unpaired) electrons. The van der Waals surface area contributed by atoms with E-state index in [0.29, 0.717) is 36.9 Å². The van der Waals surface area contributed by atoms with Crippen molar-refractivity contribution in [1.82, 2.24) is 25.1 Å². The lowest BCUT2D eigenvalue weighted by molar-refractivity contribution is -0.137. The average Bonchev–Trinajstić information content (AvgIpc) is 3.87. The number of rotatable bonds is 7. The number of aryl methyl sites for hydroxylation is 2. The molecule has 8 nitrogen and oxygen atoms in total. The molecule has 1 atom stereocenters. The van der Waals surface area contributed by atoms with E-state index in [9.17, 15) is 10.1 Å². The quantitative estimate of drug-likeness (QED) is 0.102. The first kappa shape index (κ1) is 31.0. The molecular formula is C39H45N7O. The summed E-state index contributed by atoms with van der Waals surface area (Å²) in [5, 5.41) is 13.6. The lowest BCUT2D eigenvalue weighted by Gasteiger charge is -2.33. The van der Waals surface area contributed by atoms with Crippen LogP contribution in [0.15, 0.2) is 65.9 Å². The third kappa shape index (κ3) is 5.88. The molecule has 47 heavy (non-hydrogen) atoms. The van der Waals surface area contributed by atoms with Gasteiger partial charge in [-0.1, -0.05) is 23.3 Å². The van der Waals surface area contributed by atoms with Gasteiger partial charge in [-0.2, -0.15) is 5.26 Å². The minimum Gasteiger partial charge on any atom is -0.354 e. The van der Waals surface area contributed by atoms with Gasteiger partial charge >= 0.3 is 0 Å². The van der Waals surface area contributed by atoms with Crippen LogP contribution in [-0.2, 0) is 16.6 Å². The van der Waals surface area contributed by atoms with Crippen LogP contribution in [-0.4, -0.2) is 63.4 Å². The van der Waals surface area contributed by atoms with E-state index in [-0.39, 0.29) is 5.91 Å². The SMILES string of the molecule is Cc1cc(C)cc(-c2[nH]c3ccc(C(C)(C)C(=O)N4C5CCC4CC5)cc3c2CCN=C(NC#N)N2CCC(c3ccncc3)C2)c1. The lowest BCUT2D eigenvalue weighted by atomic mass is 9.82. The number of nitriles is 1. The van der Waals surface area contributed by atoms with Crippen LogP contribution in [0.4, 0.5) is 0 Å². The van der Waals surface area contributed by atoms with Gasteiger partial charge in [0.05, 0.1) is 5.41 Å². The molecule has 1 amide bonds. The van der Waals surface area contributed by atoms with E-state index in [2.05, 4.69) is 108 Å². The molecule has 0 saturated carbocycles. The molecule has 8 heteroatoms. The second-order valence-electron chi connectivity index (χ2n) is 14.3. The van der Waals surface area contributed by atoms with Crippen LogP contribution >= 0.6 is 0 Å². The van der Waals surface area contributed by atoms with E-state index < -0.39 is 5.41 Å². The molecule has 3 saturated heterocycles. The molecule has 4 aromatic rings. The van der Waals surface area contributed by atoms with E-state index in [1.807, 2.05) is 12.4 Å². The maximum absolute atomic E-state index is 14.1. The highest BCUT2D eigenvalue weighted by Crippen LogP contribution is 2.42. The molecule has 7 rings (SSSR count). The van der Waals surface area contributed by atoms with Crippen LogP contribution in [0.2, 0.25) is 0 Å². The number of aromatic amines is 1. The number of fused-ring (bicyclic) bond motifs is 3. The third-order valence-electron chi connectivity index (χ3n) is 10.8. The number of likely N-dealkylation sites (tertiary alicyclic amines) is 1. The molecule has 2 aromatic heterocycles. The number of carbonyl (C=O) groups excluding carboxylic acids is 1. The number of hydrogen-bond acceptors (Lipinski definition) is 4. The Morgan fingerprint density at radius 2 is 1.72 bits per heavy atom. The second kappa shape index (κ2) is 12.5. The molecule has 2 N–H and O–H groups in total. The van der Waals surface area contributed by atoms with E-state index >= 15 is 0 Å². The Morgan fingerprint density at radius 1 is 1.02 bits per heavy atom. The Bertz CT molecular complexity index is 1830. The van der Waals surface area contributed by atoms with Gasteiger partial charge in [0.15, 0.2) is 6.19 Å².